The van der Waals surface area contributed by atoms with Crippen molar-refractivity contribution >= 4 is 40.1 Å². The number of thiazole rings is 1. The molecule has 0 bridgehead atoms. The predicted octanol–water partition coefficient (Wildman–Crippen LogP) is 4.60. The topological polar surface area (TPSA) is 26.5 Å². The first kappa shape index (κ1) is 16.7. The molecule has 0 radical (unpaired) electrons. The van der Waals surface area contributed by atoms with Gasteiger partial charge < -0.3 is 9.30 Å². The van der Waals surface area contributed by atoms with E-state index in [-0.39, 0.29) is 0 Å². The maximum atomic E-state index is 6.09. The van der Waals surface area contributed by atoms with Crippen molar-refractivity contribution in [2.45, 2.75) is 32.7 Å². The van der Waals surface area contributed by atoms with Gasteiger partial charge in [0.15, 0.2) is 4.80 Å². The molecule has 1 aliphatic carbocycles. The molecule has 1 saturated carbocycles. The molecular formula is C17H19ClN2OS2. The van der Waals surface area contributed by atoms with Gasteiger partial charge in [-0.25, -0.2) is 4.99 Å². The van der Waals surface area contributed by atoms with Crippen LogP contribution in [0.4, 0.5) is 0 Å². The number of hydrogen-bond acceptors (Lipinski definition) is 3. The summed E-state index contributed by atoms with van der Waals surface area (Å²) in [7, 11) is 1.63. The van der Waals surface area contributed by atoms with Gasteiger partial charge in [-0.2, -0.15) is 0 Å². The van der Waals surface area contributed by atoms with Crippen LogP contribution in [0, 0.1) is 12.8 Å². The van der Waals surface area contributed by atoms with Gasteiger partial charge in [-0.1, -0.05) is 30.2 Å². The van der Waals surface area contributed by atoms with Crippen LogP contribution in [0.25, 0.3) is 0 Å². The maximum absolute atomic E-state index is 6.09. The quantitative estimate of drug-likeness (QED) is 0.739. The third-order valence-corrected chi connectivity index (χ3v) is 5.77. The molecule has 1 aliphatic rings. The number of aromatic nitrogens is 1. The summed E-state index contributed by atoms with van der Waals surface area (Å²) in [5.74, 6) is 1.47. The van der Waals surface area contributed by atoms with Crippen LogP contribution in [0.2, 0.25) is 5.02 Å². The number of aryl methyl sites for hydroxylation is 1. The second kappa shape index (κ2) is 7.16. The zero-order chi connectivity index (χ0) is 16.4. The Kier molecular flexibility index (Phi) is 5.19. The van der Waals surface area contributed by atoms with Crippen LogP contribution >= 0.6 is 35.2 Å². The van der Waals surface area contributed by atoms with Crippen molar-refractivity contribution in [3.8, 4) is 5.75 Å². The number of methoxy groups -OCH3 is 1. The Bertz CT molecular complexity index is 790. The van der Waals surface area contributed by atoms with E-state index in [0.717, 1.165) is 22.8 Å². The number of benzene rings is 1. The Hall–Kier alpha value is -1.17. The molecule has 1 fully saturated rings. The lowest BCUT2D eigenvalue weighted by atomic mass is 9.85. The Morgan fingerprint density at radius 2 is 2.26 bits per heavy atom. The Morgan fingerprint density at radius 1 is 1.48 bits per heavy atom. The number of hydrogen-bond donors (Lipinski definition) is 0. The molecule has 1 heterocycles. The molecule has 0 N–H and O–H groups in total. The normalized spacial score (nSPS) is 15.5. The largest absolute Gasteiger partial charge is 0.496 e. The van der Waals surface area contributed by atoms with Crippen molar-refractivity contribution in [2.75, 3.05) is 7.11 Å². The van der Waals surface area contributed by atoms with Crippen molar-refractivity contribution < 1.29 is 4.74 Å². The Balaban J connectivity index is 1.95. The molecule has 0 unspecified atom stereocenters. The summed E-state index contributed by atoms with van der Waals surface area (Å²) in [5.41, 5.74) is 2.00. The predicted molar refractivity (Wildman–Crippen MR) is 99.7 cm³/mol. The second-order valence-corrected chi connectivity index (χ2v) is 7.49. The molecule has 0 saturated heterocycles. The van der Waals surface area contributed by atoms with Crippen molar-refractivity contribution in [2.24, 2.45) is 10.9 Å². The Morgan fingerprint density at radius 3 is 2.91 bits per heavy atom. The molecule has 6 heteroatoms. The summed E-state index contributed by atoms with van der Waals surface area (Å²) in [6.07, 6.45) is 3.97. The van der Waals surface area contributed by atoms with Crippen molar-refractivity contribution in [3.63, 3.8) is 0 Å². The van der Waals surface area contributed by atoms with Crippen LogP contribution in [0.15, 0.2) is 28.6 Å². The minimum absolute atomic E-state index is 0.508. The van der Waals surface area contributed by atoms with E-state index in [0.29, 0.717) is 15.8 Å². The fraction of sp³-hybridized carbons (Fsp3) is 0.412. The number of rotatable bonds is 4. The summed E-state index contributed by atoms with van der Waals surface area (Å²) in [6.45, 7) is 3.15. The van der Waals surface area contributed by atoms with Gasteiger partial charge in [0, 0.05) is 22.6 Å². The van der Waals surface area contributed by atoms with E-state index in [1.54, 1.807) is 24.5 Å². The first-order valence-electron chi connectivity index (χ1n) is 7.66. The zero-order valence-corrected chi connectivity index (χ0v) is 15.6. The highest BCUT2D eigenvalue weighted by Gasteiger charge is 2.19. The Labute approximate surface area is 150 Å². The molecule has 3 rings (SSSR count). The van der Waals surface area contributed by atoms with E-state index < -0.39 is 0 Å². The smallest absolute Gasteiger partial charge is 0.190 e. The number of nitrogens with zero attached hydrogens (tertiary/aromatic N) is 2. The molecule has 23 heavy (non-hydrogen) atoms. The van der Waals surface area contributed by atoms with Gasteiger partial charge in [0.25, 0.3) is 0 Å². The highest BCUT2D eigenvalue weighted by Crippen LogP contribution is 2.28. The van der Waals surface area contributed by atoms with Gasteiger partial charge in [0.1, 0.15) is 10.7 Å². The molecule has 122 valence electrons. The van der Waals surface area contributed by atoms with Gasteiger partial charge >= 0.3 is 0 Å². The van der Waals surface area contributed by atoms with Crippen LogP contribution in [-0.2, 0) is 6.54 Å². The van der Waals surface area contributed by atoms with E-state index in [9.17, 15) is 0 Å². The lowest BCUT2D eigenvalue weighted by molar-refractivity contribution is 0.273. The molecule has 0 atom stereocenters. The summed E-state index contributed by atoms with van der Waals surface area (Å²) >= 11 is 13.2. The van der Waals surface area contributed by atoms with Crippen molar-refractivity contribution in [3.05, 3.63) is 44.7 Å². The van der Waals surface area contributed by atoms with Crippen LogP contribution in [-0.4, -0.2) is 16.7 Å². The van der Waals surface area contributed by atoms with Crippen LogP contribution in [0.1, 0.15) is 30.5 Å². The van der Waals surface area contributed by atoms with Crippen molar-refractivity contribution in [1.82, 2.24) is 4.57 Å². The summed E-state index contributed by atoms with van der Waals surface area (Å²) in [6, 6.07) is 5.42. The fourth-order valence-corrected chi connectivity index (χ4v) is 4.02. The van der Waals surface area contributed by atoms with Gasteiger partial charge in [-0.05, 0) is 43.9 Å². The average molecular weight is 367 g/mol. The van der Waals surface area contributed by atoms with E-state index in [1.807, 2.05) is 12.1 Å². The maximum Gasteiger partial charge on any atom is 0.190 e. The van der Waals surface area contributed by atoms with Crippen LogP contribution in [0.5, 0.6) is 5.75 Å². The van der Waals surface area contributed by atoms with E-state index in [4.69, 9.17) is 28.6 Å². The van der Waals surface area contributed by atoms with E-state index in [1.165, 1.54) is 25.0 Å². The molecule has 2 aromatic rings. The summed E-state index contributed by atoms with van der Waals surface area (Å²) in [5, 5.41) is 2.76. The van der Waals surface area contributed by atoms with Crippen LogP contribution in [0.3, 0.4) is 0 Å². The summed E-state index contributed by atoms with van der Waals surface area (Å²) < 4.78 is 7.65. The van der Waals surface area contributed by atoms with Gasteiger partial charge in [-0.15, -0.1) is 11.3 Å². The minimum atomic E-state index is 0.508. The zero-order valence-electron chi connectivity index (χ0n) is 13.2. The highest BCUT2D eigenvalue weighted by atomic mass is 35.5. The molecule has 0 spiro atoms. The fourth-order valence-electron chi connectivity index (χ4n) is 2.65. The molecule has 0 amide bonds. The SMILES string of the molecule is COc1ccc(Cl)cc1C(=S)N=c1scc(C)n1CC1CCC1. The lowest BCUT2D eigenvalue weighted by Gasteiger charge is -2.26. The molecule has 1 aromatic heterocycles. The van der Waals surface area contributed by atoms with Crippen molar-refractivity contribution in [1.29, 1.82) is 0 Å². The summed E-state index contributed by atoms with van der Waals surface area (Å²) in [4.78, 5) is 6.14. The number of thiocarbonyl (C=S) groups is 1. The third kappa shape index (κ3) is 3.67. The van der Waals surface area contributed by atoms with E-state index >= 15 is 0 Å². The number of ether oxygens (including phenoxy) is 1. The lowest BCUT2D eigenvalue weighted by Crippen LogP contribution is -2.26. The standard InChI is InChI=1S/C17H19ClN2OS2/c1-11-10-23-17(20(11)9-12-4-3-5-12)19-16(22)14-8-13(18)6-7-15(14)21-2/h6-8,10,12H,3-5,9H2,1-2H3. The van der Waals surface area contributed by atoms with Gasteiger partial charge in [0.05, 0.1) is 12.7 Å². The average Bonchev–Trinajstić information content (AvgIpc) is 2.83. The van der Waals surface area contributed by atoms with Gasteiger partial charge in [-0.3, -0.25) is 0 Å². The van der Waals surface area contributed by atoms with Crippen LogP contribution < -0.4 is 9.54 Å². The molecule has 0 aliphatic heterocycles. The van der Waals surface area contributed by atoms with E-state index in [2.05, 4.69) is 21.9 Å². The third-order valence-electron chi connectivity index (χ3n) is 4.25. The second-order valence-electron chi connectivity index (χ2n) is 5.83. The molecule has 3 nitrogen and oxygen atoms in total. The first-order valence-corrected chi connectivity index (χ1v) is 9.32. The minimum Gasteiger partial charge on any atom is -0.496 e. The van der Waals surface area contributed by atoms with Gasteiger partial charge in [0.2, 0.25) is 0 Å². The first-order chi connectivity index (χ1) is 11.1. The number of halogens is 1. The molecular weight excluding hydrogens is 348 g/mol. The molecule has 1 aromatic carbocycles. The highest BCUT2D eigenvalue weighted by molar-refractivity contribution is 7.80. The monoisotopic (exact) mass is 366 g/mol.